The van der Waals surface area contributed by atoms with Crippen molar-refractivity contribution in [1.29, 1.82) is 0 Å². The fraction of sp³-hybridized carbons (Fsp3) is 0.125. The predicted octanol–water partition coefficient (Wildman–Crippen LogP) is 5.47. The number of nitrogens with zero attached hydrogens (tertiary/aromatic N) is 2. The number of nitrogens with two attached hydrogens (primary N) is 1. The number of nitrogens with one attached hydrogen (secondary N) is 1. The number of para-hydroxylation sites is 1. The summed E-state index contributed by atoms with van der Waals surface area (Å²) < 4.78 is 0. The molecule has 0 aliphatic carbocycles. The average Bonchev–Trinajstić information content (AvgIpc) is 2.76. The Morgan fingerprint density at radius 1 is 0.966 bits per heavy atom. The van der Waals surface area contributed by atoms with Gasteiger partial charge in [0.15, 0.2) is 0 Å². The highest BCUT2D eigenvalue weighted by Gasteiger charge is 2.11. The van der Waals surface area contributed by atoms with Crippen molar-refractivity contribution < 1.29 is 4.79 Å². The van der Waals surface area contributed by atoms with Gasteiger partial charge in [-0.2, -0.15) is 0 Å². The first-order valence-corrected chi connectivity index (χ1v) is 9.60. The topological polar surface area (TPSA) is 80.9 Å². The quantitative estimate of drug-likeness (QED) is 0.491. The van der Waals surface area contributed by atoms with E-state index in [1.807, 2.05) is 87.5 Å². The predicted molar refractivity (Wildman–Crippen MR) is 120 cm³/mol. The highest BCUT2D eigenvalue weighted by atomic mass is 16.1. The van der Waals surface area contributed by atoms with Crippen molar-refractivity contribution in [3.63, 3.8) is 0 Å². The van der Waals surface area contributed by atoms with Crippen molar-refractivity contribution in [3.8, 4) is 11.1 Å². The molecule has 29 heavy (non-hydrogen) atoms. The van der Waals surface area contributed by atoms with Crippen LogP contribution in [0.3, 0.4) is 0 Å². The first-order chi connectivity index (χ1) is 14.1. The second-order valence-electron chi connectivity index (χ2n) is 6.35. The van der Waals surface area contributed by atoms with E-state index < -0.39 is 0 Å². The molecule has 0 spiro atoms. The van der Waals surface area contributed by atoms with Crippen molar-refractivity contribution in [3.05, 3.63) is 84.1 Å². The molecule has 4 rings (SSSR count). The van der Waals surface area contributed by atoms with Gasteiger partial charge in [0.25, 0.3) is 5.91 Å². The summed E-state index contributed by atoms with van der Waals surface area (Å²) in [5.41, 5.74) is 10.9. The Balaban J connectivity index is 0.00000117. The number of fused-ring (bicyclic) bond motifs is 1. The number of hydrogen-bond acceptors (Lipinski definition) is 4. The maximum absolute atomic E-state index is 12.6. The van der Waals surface area contributed by atoms with Gasteiger partial charge in [-0.15, -0.1) is 0 Å². The first kappa shape index (κ1) is 20.0. The maximum atomic E-state index is 12.6. The van der Waals surface area contributed by atoms with E-state index in [1.54, 1.807) is 6.20 Å². The van der Waals surface area contributed by atoms with Gasteiger partial charge in [0, 0.05) is 22.8 Å². The molecule has 0 aliphatic heterocycles. The number of amides is 1. The van der Waals surface area contributed by atoms with Gasteiger partial charge in [-0.3, -0.25) is 4.79 Å². The van der Waals surface area contributed by atoms with E-state index in [0.29, 0.717) is 5.56 Å². The fourth-order valence-corrected chi connectivity index (χ4v) is 3.01. The third kappa shape index (κ3) is 4.58. The molecule has 0 unspecified atom stereocenters. The minimum atomic E-state index is -0.139. The third-order valence-corrected chi connectivity index (χ3v) is 4.44. The average molecular weight is 384 g/mol. The molecule has 0 fully saturated rings. The van der Waals surface area contributed by atoms with E-state index in [4.69, 9.17) is 5.73 Å². The fourth-order valence-electron chi connectivity index (χ4n) is 3.01. The third-order valence-electron chi connectivity index (χ3n) is 4.44. The summed E-state index contributed by atoms with van der Waals surface area (Å²) in [6.45, 7) is 6.03. The summed E-state index contributed by atoms with van der Waals surface area (Å²) in [5, 5.41) is 3.82. The Labute approximate surface area is 170 Å². The van der Waals surface area contributed by atoms with Crippen LogP contribution in [-0.4, -0.2) is 15.9 Å². The highest BCUT2D eigenvalue weighted by molar-refractivity contribution is 6.05. The standard InChI is InChI=1S/C22H18N4O.C2H6/c1-14-7-8-16(21(27)25-18-5-3-2-4-6-18)12-19(14)15-9-10-20-17(11-15)13-24-22(23)26-20;1-2/h2-13H,1H3,(H,25,27)(H2,23,24,26);1-2H3. The molecular formula is C24H24N4O. The molecule has 0 aliphatic rings. The van der Waals surface area contributed by atoms with Gasteiger partial charge in [0.05, 0.1) is 5.52 Å². The van der Waals surface area contributed by atoms with E-state index >= 15 is 0 Å². The first-order valence-electron chi connectivity index (χ1n) is 9.60. The summed E-state index contributed by atoms with van der Waals surface area (Å²) >= 11 is 0. The summed E-state index contributed by atoms with van der Waals surface area (Å²) in [7, 11) is 0. The zero-order chi connectivity index (χ0) is 20.8. The number of nitrogen functional groups attached to an aromatic ring is 1. The second-order valence-corrected chi connectivity index (χ2v) is 6.35. The van der Waals surface area contributed by atoms with Crippen LogP contribution >= 0.6 is 0 Å². The number of hydrogen-bond donors (Lipinski definition) is 2. The Bertz CT molecular complexity index is 1140. The van der Waals surface area contributed by atoms with Crippen molar-refractivity contribution in [2.75, 3.05) is 11.1 Å². The van der Waals surface area contributed by atoms with Crippen LogP contribution in [0.25, 0.3) is 22.0 Å². The van der Waals surface area contributed by atoms with Gasteiger partial charge in [0.2, 0.25) is 5.95 Å². The summed E-state index contributed by atoms with van der Waals surface area (Å²) in [6.07, 6.45) is 1.71. The summed E-state index contributed by atoms with van der Waals surface area (Å²) in [5.74, 6) is 0.116. The Hall–Kier alpha value is -3.73. The van der Waals surface area contributed by atoms with Crippen molar-refractivity contribution in [2.24, 2.45) is 0 Å². The van der Waals surface area contributed by atoms with Gasteiger partial charge < -0.3 is 11.1 Å². The SMILES string of the molecule is CC.Cc1ccc(C(=O)Nc2ccccc2)cc1-c1ccc2nc(N)ncc2c1. The molecule has 1 heterocycles. The van der Waals surface area contributed by atoms with Gasteiger partial charge >= 0.3 is 0 Å². The molecule has 146 valence electrons. The maximum Gasteiger partial charge on any atom is 0.255 e. The van der Waals surface area contributed by atoms with Gasteiger partial charge in [-0.25, -0.2) is 9.97 Å². The molecule has 1 aromatic heterocycles. The number of anilines is 2. The van der Waals surface area contributed by atoms with E-state index in [1.165, 1.54) is 0 Å². The van der Waals surface area contributed by atoms with Crippen molar-refractivity contribution >= 4 is 28.4 Å². The Kier molecular flexibility index (Phi) is 6.19. The number of carbonyl (C=O) groups is 1. The lowest BCUT2D eigenvalue weighted by Crippen LogP contribution is -2.12. The Morgan fingerprint density at radius 3 is 2.48 bits per heavy atom. The highest BCUT2D eigenvalue weighted by Crippen LogP contribution is 2.28. The van der Waals surface area contributed by atoms with Crippen LogP contribution in [0.15, 0.2) is 72.9 Å². The Morgan fingerprint density at radius 2 is 1.72 bits per heavy atom. The van der Waals surface area contributed by atoms with E-state index in [2.05, 4.69) is 15.3 Å². The largest absolute Gasteiger partial charge is 0.368 e. The normalized spacial score (nSPS) is 10.2. The summed E-state index contributed by atoms with van der Waals surface area (Å²) in [6, 6.07) is 21.0. The lowest BCUT2D eigenvalue weighted by molar-refractivity contribution is 0.102. The zero-order valence-electron chi connectivity index (χ0n) is 16.8. The molecule has 5 heteroatoms. The van der Waals surface area contributed by atoms with Crippen LogP contribution in [0.4, 0.5) is 11.6 Å². The van der Waals surface area contributed by atoms with Crippen molar-refractivity contribution in [2.45, 2.75) is 20.8 Å². The number of rotatable bonds is 3. The lowest BCUT2D eigenvalue weighted by atomic mass is 9.97. The van der Waals surface area contributed by atoms with Crippen LogP contribution in [0.5, 0.6) is 0 Å². The molecule has 5 nitrogen and oxygen atoms in total. The van der Waals surface area contributed by atoms with Gasteiger partial charge in [-0.05, 0) is 60.0 Å². The minimum Gasteiger partial charge on any atom is -0.368 e. The molecule has 0 saturated carbocycles. The van der Waals surface area contributed by atoms with Crippen LogP contribution < -0.4 is 11.1 Å². The summed E-state index contributed by atoms with van der Waals surface area (Å²) in [4.78, 5) is 20.9. The molecule has 4 aromatic rings. The van der Waals surface area contributed by atoms with E-state index in [-0.39, 0.29) is 11.9 Å². The number of aryl methyl sites for hydroxylation is 1. The smallest absolute Gasteiger partial charge is 0.255 e. The number of aromatic nitrogens is 2. The molecular weight excluding hydrogens is 360 g/mol. The second kappa shape index (κ2) is 8.97. The van der Waals surface area contributed by atoms with Crippen LogP contribution in [-0.2, 0) is 0 Å². The molecule has 1 amide bonds. The van der Waals surface area contributed by atoms with Crippen LogP contribution in [0.1, 0.15) is 29.8 Å². The van der Waals surface area contributed by atoms with Crippen molar-refractivity contribution in [1.82, 2.24) is 9.97 Å². The molecule has 0 radical (unpaired) electrons. The minimum absolute atomic E-state index is 0.139. The monoisotopic (exact) mass is 384 g/mol. The molecule has 3 N–H and O–H groups in total. The number of carbonyl (C=O) groups excluding carboxylic acids is 1. The van der Waals surface area contributed by atoms with Gasteiger partial charge in [-0.1, -0.05) is 44.2 Å². The molecule has 0 bridgehead atoms. The number of benzene rings is 3. The molecule has 0 atom stereocenters. The lowest BCUT2D eigenvalue weighted by Gasteiger charge is -2.11. The molecule has 0 saturated heterocycles. The molecule has 3 aromatic carbocycles. The van der Waals surface area contributed by atoms with Gasteiger partial charge in [0.1, 0.15) is 0 Å². The van der Waals surface area contributed by atoms with E-state index in [0.717, 1.165) is 33.3 Å². The van der Waals surface area contributed by atoms with Crippen LogP contribution in [0.2, 0.25) is 0 Å². The van der Waals surface area contributed by atoms with E-state index in [9.17, 15) is 4.79 Å². The van der Waals surface area contributed by atoms with Crippen LogP contribution in [0, 0.1) is 6.92 Å². The zero-order valence-corrected chi connectivity index (χ0v) is 16.8.